The summed E-state index contributed by atoms with van der Waals surface area (Å²) in [6.07, 6.45) is 3.32. The maximum absolute atomic E-state index is 11.8. The molecule has 0 bridgehead atoms. The molecule has 29 heavy (non-hydrogen) atoms. The van der Waals surface area contributed by atoms with Crippen LogP contribution in [0.3, 0.4) is 0 Å². The standard InChI is InChI=1S/C20H19N5O4/c1-27-13-5-4-12(17(8-13)28-2)9-22-18-16-10-21-11-25(16)19-14(23-18)6-7-15(24-19)20(26)29-3/h4-8,10-11H,9H2,1-3H3,(H,22,23). The van der Waals surface area contributed by atoms with Crippen molar-refractivity contribution in [2.75, 3.05) is 26.6 Å². The van der Waals surface area contributed by atoms with Crippen LogP contribution >= 0.6 is 0 Å². The fraction of sp³-hybridized carbons (Fsp3) is 0.200. The van der Waals surface area contributed by atoms with Gasteiger partial charge in [-0.15, -0.1) is 0 Å². The van der Waals surface area contributed by atoms with Crippen molar-refractivity contribution in [2.24, 2.45) is 0 Å². The number of hydrogen-bond acceptors (Lipinski definition) is 8. The number of nitrogens with zero attached hydrogens (tertiary/aromatic N) is 4. The number of fused-ring (bicyclic) bond motifs is 3. The summed E-state index contributed by atoms with van der Waals surface area (Å²) in [6, 6.07) is 8.95. The molecule has 0 unspecified atom stereocenters. The molecule has 0 radical (unpaired) electrons. The van der Waals surface area contributed by atoms with Crippen LogP contribution in [-0.2, 0) is 11.3 Å². The first-order valence-electron chi connectivity index (χ1n) is 8.80. The second kappa shape index (κ2) is 7.63. The van der Waals surface area contributed by atoms with Crippen LogP contribution in [-0.4, -0.2) is 46.7 Å². The van der Waals surface area contributed by atoms with E-state index in [1.807, 2.05) is 18.2 Å². The normalized spacial score (nSPS) is 10.9. The molecule has 0 amide bonds. The van der Waals surface area contributed by atoms with Crippen molar-refractivity contribution in [3.63, 3.8) is 0 Å². The summed E-state index contributed by atoms with van der Waals surface area (Å²) in [5.41, 5.74) is 3.03. The Kier molecular flexibility index (Phi) is 4.86. The summed E-state index contributed by atoms with van der Waals surface area (Å²) >= 11 is 0. The van der Waals surface area contributed by atoms with Crippen molar-refractivity contribution in [2.45, 2.75) is 6.54 Å². The van der Waals surface area contributed by atoms with Crippen LogP contribution in [0.25, 0.3) is 16.7 Å². The first kappa shape index (κ1) is 18.5. The van der Waals surface area contributed by atoms with Crippen molar-refractivity contribution in [3.8, 4) is 11.5 Å². The van der Waals surface area contributed by atoms with Gasteiger partial charge in [-0.3, -0.25) is 4.40 Å². The highest BCUT2D eigenvalue weighted by molar-refractivity contribution is 5.90. The van der Waals surface area contributed by atoms with Gasteiger partial charge in [-0.2, -0.15) is 0 Å². The Morgan fingerprint density at radius 2 is 1.97 bits per heavy atom. The quantitative estimate of drug-likeness (QED) is 0.499. The van der Waals surface area contributed by atoms with E-state index in [0.717, 1.165) is 16.8 Å². The molecule has 4 rings (SSSR count). The number of pyridine rings is 1. The van der Waals surface area contributed by atoms with E-state index < -0.39 is 5.97 Å². The average Bonchev–Trinajstić information content (AvgIpc) is 3.27. The minimum absolute atomic E-state index is 0.209. The van der Waals surface area contributed by atoms with Gasteiger partial charge in [-0.1, -0.05) is 0 Å². The second-order valence-corrected chi connectivity index (χ2v) is 6.17. The molecular formula is C20H19N5O4. The number of anilines is 1. The van der Waals surface area contributed by atoms with Gasteiger partial charge < -0.3 is 19.5 Å². The first-order chi connectivity index (χ1) is 14.1. The Bertz CT molecular complexity index is 1200. The van der Waals surface area contributed by atoms with Gasteiger partial charge in [-0.25, -0.2) is 19.7 Å². The molecule has 0 aliphatic heterocycles. The topological polar surface area (TPSA) is 99.9 Å². The number of esters is 1. The van der Waals surface area contributed by atoms with Gasteiger partial charge >= 0.3 is 5.97 Å². The molecule has 0 aliphatic carbocycles. The zero-order valence-electron chi connectivity index (χ0n) is 16.2. The van der Waals surface area contributed by atoms with Gasteiger partial charge in [0.25, 0.3) is 0 Å². The molecule has 0 spiro atoms. The third kappa shape index (κ3) is 3.38. The van der Waals surface area contributed by atoms with E-state index in [1.165, 1.54) is 7.11 Å². The average molecular weight is 393 g/mol. The molecule has 9 nitrogen and oxygen atoms in total. The van der Waals surface area contributed by atoms with E-state index in [-0.39, 0.29) is 5.69 Å². The van der Waals surface area contributed by atoms with Gasteiger partial charge in [0, 0.05) is 18.2 Å². The van der Waals surface area contributed by atoms with Crippen LogP contribution in [0, 0.1) is 0 Å². The number of ether oxygens (including phenoxy) is 3. The molecule has 148 valence electrons. The second-order valence-electron chi connectivity index (χ2n) is 6.17. The number of carbonyl (C=O) groups excluding carboxylic acids is 1. The highest BCUT2D eigenvalue weighted by Gasteiger charge is 2.14. The first-order valence-corrected chi connectivity index (χ1v) is 8.80. The monoisotopic (exact) mass is 393 g/mol. The van der Waals surface area contributed by atoms with E-state index in [1.54, 1.807) is 43.3 Å². The number of methoxy groups -OCH3 is 3. The maximum atomic E-state index is 11.8. The number of nitrogens with one attached hydrogen (secondary N) is 1. The number of benzene rings is 1. The van der Waals surface area contributed by atoms with Crippen LogP contribution in [0.2, 0.25) is 0 Å². The summed E-state index contributed by atoms with van der Waals surface area (Å²) in [7, 11) is 4.55. The summed E-state index contributed by atoms with van der Waals surface area (Å²) in [5.74, 6) is 1.57. The highest BCUT2D eigenvalue weighted by Crippen LogP contribution is 2.26. The lowest BCUT2D eigenvalue weighted by molar-refractivity contribution is 0.0594. The zero-order valence-corrected chi connectivity index (χ0v) is 16.2. The van der Waals surface area contributed by atoms with Gasteiger partial charge in [0.15, 0.2) is 17.2 Å². The van der Waals surface area contributed by atoms with Crippen LogP contribution in [0.5, 0.6) is 11.5 Å². The fourth-order valence-electron chi connectivity index (χ4n) is 3.05. The lowest BCUT2D eigenvalue weighted by Crippen LogP contribution is -2.08. The molecule has 3 aromatic heterocycles. The zero-order chi connectivity index (χ0) is 20.4. The number of rotatable bonds is 6. The van der Waals surface area contributed by atoms with Gasteiger partial charge in [0.1, 0.15) is 28.9 Å². The predicted molar refractivity (Wildman–Crippen MR) is 107 cm³/mol. The van der Waals surface area contributed by atoms with Crippen molar-refractivity contribution in [1.82, 2.24) is 19.4 Å². The SMILES string of the molecule is COC(=O)c1ccc2nc(NCc3ccc(OC)cc3OC)c3cncn3c2n1. The summed E-state index contributed by atoms with van der Waals surface area (Å²) in [4.78, 5) is 25.0. The number of hydrogen-bond donors (Lipinski definition) is 1. The van der Waals surface area contributed by atoms with Crippen molar-refractivity contribution in [1.29, 1.82) is 0 Å². The predicted octanol–water partition coefficient (Wildman–Crippen LogP) is 2.69. The molecule has 1 N–H and O–H groups in total. The number of carbonyl (C=O) groups is 1. The van der Waals surface area contributed by atoms with Crippen LogP contribution < -0.4 is 14.8 Å². The lowest BCUT2D eigenvalue weighted by atomic mass is 10.2. The molecule has 4 aromatic rings. The lowest BCUT2D eigenvalue weighted by Gasteiger charge is -2.13. The molecule has 9 heteroatoms. The van der Waals surface area contributed by atoms with E-state index in [9.17, 15) is 4.79 Å². The third-order valence-corrected chi connectivity index (χ3v) is 4.53. The number of imidazole rings is 1. The highest BCUT2D eigenvalue weighted by atomic mass is 16.5. The smallest absolute Gasteiger partial charge is 0.356 e. The van der Waals surface area contributed by atoms with E-state index >= 15 is 0 Å². The van der Waals surface area contributed by atoms with Crippen molar-refractivity contribution < 1.29 is 19.0 Å². The Labute approximate surface area is 166 Å². The maximum Gasteiger partial charge on any atom is 0.356 e. The summed E-state index contributed by atoms with van der Waals surface area (Å²) in [6.45, 7) is 0.486. The Hall–Kier alpha value is -3.88. The van der Waals surface area contributed by atoms with Crippen LogP contribution in [0.15, 0.2) is 42.9 Å². The van der Waals surface area contributed by atoms with E-state index in [4.69, 9.17) is 14.2 Å². The Balaban J connectivity index is 1.71. The van der Waals surface area contributed by atoms with Crippen molar-refractivity contribution in [3.05, 3.63) is 54.1 Å². The molecule has 0 aliphatic rings. The summed E-state index contributed by atoms with van der Waals surface area (Å²) < 4.78 is 17.2. The van der Waals surface area contributed by atoms with Crippen LogP contribution in [0.4, 0.5) is 5.82 Å². The Morgan fingerprint density at radius 1 is 1.10 bits per heavy atom. The molecule has 1 aromatic carbocycles. The molecule has 3 heterocycles. The minimum atomic E-state index is -0.506. The van der Waals surface area contributed by atoms with E-state index in [2.05, 4.69) is 20.3 Å². The molecule has 0 saturated carbocycles. The van der Waals surface area contributed by atoms with Gasteiger partial charge in [-0.05, 0) is 24.3 Å². The van der Waals surface area contributed by atoms with Crippen molar-refractivity contribution >= 4 is 28.5 Å². The Morgan fingerprint density at radius 3 is 2.72 bits per heavy atom. The largest absolute Gasteiger partial charge is 0.497 e. The molecule has 0 fully saturated rings. The molecule has 0 saturated heterocycles. The summed E-state index contributed by atoms with van der Waals surface area (Å²) in [5, 5.41) is 3.33. The molecular weight excluding hydrogens is 374 g/mol. The number of aromatic nitrogens is 4. The fourth-order valence-corrected chi connectivity index (χ4v) is 3.05. The minimum Gasteiger partial charge on any atom is -0.497 e. The van der Waals surface area contributed by atoms with Gasteiger partial charge in [0.2, 0.25) is 0 Å². The third-order valence-electron chi connectivity index (χ3n) is 4.53. The van der Waals surface area contributed by atoms with Gasteiger partial charge in [0.05, 0.1) is 27.5 Å². The molecule has 0 atom stereocenters. The van der Waals surface area contributed by atoms with E-state index in [0.29, 0.717) is 29.3 Å². The van der Waals surface area contributed by atoms with Crippen LogP contribution in [0.1, 0.15) is 16.1 Å².